The number of methoxy groups -OCH3 is 1. The van der Waals surface area contributed by atoms with Gasteiger partial charge < -0.3 is 19.8 Å². The van der Waals surface area contributed by atoms with E-state index >= 15 is 0 Å². The van der Waals surface area contributed by atoms with E-state index in [1.54, 1.807) is 25.3 Å². The topological polar surface area (TPSA) is 119 Å². The minimum atomic E-state index is -1.64. The lowest BCUT2D eigenvalue weighted by molar-refractivity contribution is -0.147. The van der Waals surface area contributed by atoms with Gasteiger partial charge in [-0.2, -0.15) is 10.0 Å². The number of benzene rings is 2. The number of aromatic nitrogens is 3. The molecular formula is C24H20FN5O4. The first-order valence-electron chi connectivity index (χ1n) is 10.6. The zero-order valence-corrected chi connectivity index (χ0v) is 18.4. The fourth-order valence-electron chi connectivity index (χ4n) is 4.53. The average molecular weight is 461 g/mol. The number of fused-ring (bicyclic) bond motifs is 2. The molecule has 9 nitrogen and oxygen atoms in total. The van der Waals surface area contributed by atoms with Gasteiger partial charge in [0.1, 0.15) is 6.54 Å². The van der Waals surface area contributed by atoms with E-state index in [-0.39, 0.29) is 18.9 Å². The van der Waals surface area contributed by atoms with Crippen LogP contribution in [0.2, 0.25) is 0 Å². The molecule has 5 rings (SSSR count). The Labute approximate surface area is 193 Å². The highest BCUT2D eigenvalue weighted by Crippen LogP contribution is 2.48. The van der Waals surface area contributed by atoms with Crippen molar-refractivity contribution in [1.82, 2.24) is 15.2 Å². The molecule has 0 bridgehead atoms. The predicted molar refractivity (Wildman–Crippen MR) is 123 cm³/mol. The maximum atomic E-state index is 14.9. The van der Waals surface area contributed by atoms with Crippen LogP contribution in [0, 0.1) is 10.7 Å². The van der Waals surface area contributed by atoms with E-state index in [1.807, 2.05) is 18.2 Å². The van der Waals surface area contributed by atoms with Crippen LogP contribution >= 0.6 is 0 Å². The minimum Gasteiger partial charge on any atom is -0.494 e. The van der Waals surface area contributed by atoms with E-state index in [0.29, 0.717) is 44.7 Å². The number of anilines is 1. The Morgan fingerprint density at radius 2 is 2.03 bits per heavy atom. The summed E-state index contributed by atoms with van der Waals surface area (Å²) in [5.74, 6) is -1.22. The lowest BCUT2D eigenvalue weighted by Crippen LogP contribution is -2.45. The van der Waals surface area contributed by atoms with Crippen molar-refractivity contribution >= 4 is 22.7 Å². The number of aromatic amines is 1. The number of carbonyl (C=O) groups is 1. The summed E-state index contributed by atoms with van der Waals surface area (Å²) >= 11 is 0. The van der Waals surface area contributed by atoms with Gasteiger partial charge in [-0.3, -0.25) is 0 Å². The quantitative estimate of drug-likeness (QED) is 0.325. The Morgan fingerprint density at radius 1 is 1.21 bits per heavy atom. The third kappa shape index (κ3) is 3.02. The van der Waals surface area contributed by atoms with E-state index in [4.69, 9.17) is 9.47 Å². The zero-order valence-electron chi connectivity index (χ0n) is 18.4. The molecule has 0 saturated carbocycles. The lowest BCUT2D eigenvalue weighted by Gasteiger charge is -2.33. The SMILES string of the molecule is CCOC(=O)C1(c2ccc(OC)c(F)c2)Nc2ccccc2-c2c(CN=O)nnc3[nH]cc1c23. The minimum absolute atomic E-state index is 0.0432. The number of para-hydroxylation sites is 1. The van der Waals surface area contributed by atoms with Gasteiger partial charge in [0.25, 0.3) is 0 Å². The Bertz CT molecular complexity index is 1440. The molecular weight excluding hydrogens is 441 g/mol. The summed E-state index contributed by atoms with van der Waals surface area (Å²) in [5.41, 5.74) is 1.77. The number of halogens is 1. The van der Waals surface area contributed by atoms with E-state index in [1.165, 1.54) is 19.2 Å². The number of hydrogen-bond donors (Lipinski definition) is 2. The molecule has 1 aliphatic heterocycles. The first kappa shape index (κ1) is 21.5. The highest BCUT2D eigenvalue weighted by Gasteiger charge is 2.48. The fourth-order valence-corrected chi connectivity index (χ4v) is 4.53. The van der Waals surface area contributed by atoms with Crippen LogP contribution in [0.1, 0.15) is 23.7 Å². The number of H-pyrrole nitrogens is 1. The molecule has 1 atom stereocenters. The lowest BCUT2D eigenvalue weighted by atomic mass is 9.82. The molecule has 34 heavy (non-hydrogen) atoms. The van der Waals surface area contributed by atoms with Crippen molar-refractivity contribution < 1.29 is 18.7 Å². The number of esters is 1. The summed E-state index contributed by atoms with van der Waals surface area (Å²) in [6.45, 7) is 1.60. The van der Waals surface area contributed by atoms with Crippen LogP contribution < -0.4 is 10.1 Å². The maximum Gasteiger partial charge on any atom is 0.341 e. The van der Waals surface area contributed by atoms with E-state index in [9.17, 15) is 14.1 Å². The molecule has 0 radical (unpaired) electrons. The number of nitrogens with zero attached hydrogens (tertiary/aromatic N) is 3. The molecule has 2 N–H and O–H groups in total. The van der Waals surface area contributed by atoms with Crippen molar-refractivity contribution in [2.45, 2.75) is 19.0 Å². The van der Waals surface area contributed by atoms with Crippen LogP contribution in [-0.4, -0.2) is 34.9 Å². The summed E-state index contributed by atoms with van der Waals surface area (Å²) in [4.78, 5) is 28.0. The highest BCUT2D eigenvalue weighted by molar-refractivity contribution is 6.07. The first-order chi connectivity index (χ1) is 16.5. The normalized spacial score (nSPS) is 16.3. The van der Waals surface area contributed by atoms with Crippen LogP contribution in [-0.2, 0) is 21.6 Å². The molecule has 0 fully saturated rings. The molecule has 2 aromatic heterocycles. The summed E-state index contributed by atoms with van der Waals surface area (Å²) in [6.07, 6.45) is 1.62. The number of nitroso groups, excluding NO2 is 1. The molecule has 10 heteroatoms. The summed E-state index contributed by atoms with van der Waals surface area (Å²) in [7, 11) is 1.37. The van der Waals surface area contributed by atoms with Crippen LogP contribution in [0.15, 0.2) is 53.8 Å². The largest absolute Gasteiger partial charge is 0.494 e. The number of hydrogen-bond acceptors (Lipinski definition) is 8. The van der Waals surface area contributed by atoms with Gasteiger partial charge in [-0.25, -0.2) is 9.18 Å². The third-order valence-corrected chi connectivity index (χ3v) is 5.97. The summed E-state index contributed by atoms with van der Waals surface area (Å²) < 4.78 is 25.5. The van der Waals surface area contributed by atoms with Crippen molar-refractivity contribution in [3.05, 3.63) is 76.2 Å². The molecule has 0 aliphatic carbocycles. The number of ether oxygens (including phenoxy) is 2. The van der Waals surface area contributed by atoms with Gasteiger partial charge in [0.05, 0.1) is 19.4 Å². The number of nitrogens with one attached hydrogen (secondary N) is 2. The third-order valence-electron chi connectivity index (χ3n) is 5.97. The molecule has 0 amide bonds. The van der Waals surface area contributed by atoms with Crippen molar-refractivity contribution in [3.63, 3.8) is 0 Å². The van der Waals surface area contributed by atoms with Crippen LogP contribution in [0.4, 0.5) is 10.1 Å². The van der Waals surface area contributed by atoms with E-state index in [2.05, 4.69) is 25.7 Å². The molecule has 1 unspecified atom stereocenters. The average Bonchev–Trinajstić information content (AvgIpc) is 3.22. The monoisotopic (exact) mass is 461 g/mol. The standard InChI is InChI=1S/C24H20FN5O4/c1-3-34-23(31)24(13-8-9-19(33-2)16(25)10-13)15-11-26-22-21(15)20(18(12-27-32)29-30-22)14-6-4-5-7-17(14)28-24/h4-11,28H,3,12H2,1-2H3,(H,26,30). The van der Waals surface area contributed by atoms with Gasteiger partial charge >= 0.3 is 5.97 Å². The molecule has 3 heterocycles. The molecule has 172 valence electrons. The Morgan fingerprint density at radius 3 is 2.76 bits per heavy atom. The predicted octanol–water partition coefficient (Wildman–Crippen LogP) is 4.27. The van der Waals surface area contributed by atoms with Crippen molar-refractivity contribution in [1.29, 1.82) is 0 Å². The van der Waals surface area contributed by atoms with Crippen LogP contribution in [0.5, 0.6) is 5.75 Å². The first-order valence-corrected chi connectivity index (χ1v) is 10.6. The second-order valence-corrected chi connectivity index (χ2v) is 7.73. The van der Waals surface area contributed by atoms with Crippen LogP contribution in [0.25, 0.3) is 22.2 Å². The zero-order chi connectivity index (χ0) is 23.9. The Hall–Kier alpha value is -4.34. The van der Waals surface area contributed by atoms with Crippen molar-refractivity contribution in [2.24, 2.45) is 5.18 Å². The molecule has 4 aromatic rings. The number of carbonyl (C=O) groups excluding carboxylic acids is 1. The van der Waals surface area contributed by atoms with Gasteiger partial charge in [0.15, 0.2) is 22.8 Å². The molecule has 0 spiro atoms. The smallest absolute Gasteiger partial charge is 0.341 e. The van der Waals surface area contributed by atoms with E-state index in [0.717, 1.165) is 0 Å². The van der Waals surface area contributed by atoms with Gasteiger partial charge in [-0.1, -0.05) is 29.4 Å². The van der Waals surface area contributed by atoms with E-state index < -0.39 is 17.3 Å². The molecule has 1 aliphatic rings. The highest BCUT2D eigenvalue weighted by atomic mass is 19.1. The van der Waals surface area contributed by atoms with Gasteiger partial charge in [-0.05, 0) is 30.7 Å². The molecule has 2 aromatic carbocycles. The molecule has 0 saturated heterocycles. The fraction of sp³-hybridized carbons (Fsp3) is 0.208. The van der Waals surface area contributed by atoms with Crippen LogP contribution in [0.3, 0.4) is 0 Å². The Kier molecular flexibility index (Phi) is 5.20. The van der Waals surface area contributed by atoms with Gasteiger partial charge in [0.2, 0.25) is 0 Å². The van der Waals surface area contributed by atoms with Crippen molar-refractivity contribution in [2.75, 3.05) is 19.0 Å². The van der Waals surface area contributed by atoms with Gasteiger partial charge in [-0.15, -0.1) is 5.10 Å². The second kappa shape index (κ2) is 8.22. The summed E-state index contributed by atoms with van der Waals surface area (Å²) in [5, 5.41) is 15.3. The summed E-state index contributed by atoms with van der Waals surface area (Å²) in [6, 6.07) is 11.6. The second-order valence-electron chi connectivity index (χ2n) is 7.73. The Balaban J connectivity index is 1.94. The maximum absolute atomic E-state index is 14.9. The number of rotatable bonds is 6. The van der Waals surface area contributed by atoms with Crippen molar-refractivity contribution in [3.8, 4) is 16.9 Å². The van der Waals surface area contributed by atoms with Gasteiger partial charge in [0, 0.05) is 34.0 Å².